The maximum absolute atomic E-state index is 12.7. The molecule has 2 N–H and O–H groups in total. The van der Waals surface area contributed by atoms with Gasteiger partial charge in [0.1, 0.15) is 5.75 Å². The molecule has 2 heterocycles. The predicted octanol–water partition coefficient (Wildman–Crippen LogP) is 2.46. The van der Waals surface area contributed by atoms with Crippen molar-refractivity contribution in [3.05, 3.63) is 65.7 Å². The summed E-state index contributed by atoms with van der Waals surface area (Å²) < 4.78 is 6.85. The van der Waals surface area contributed by atoms with E-state index < -0.39 is 0 Å². The lowest BCUT2D eigenvalue weighted by Gasteiger charge is -2.06. The largest absolute Gasteiger partial charge is 0.497 e. The number of carbonyl (C=O) groups is 2. The molecule has 0 saturated carbocycles. The molecule has 0 aliphatic heterocycles. The Hall–Kier alpha value is -3.35. The van der Waals surface area contributed by atoms with Gasteiger partial charge in [0.05, 0.1) is 12.6 Å². The second-order valence-corrected chi connectivity index (χ2v) is 6.35. The molecule has 7 heteroatoms. The van der Waals surface area contributed by atoms with E-state index >= 15 is 0 Å². The van der Waals surface area contributed by atoms with Crippen LogP contribution in [0, 0.1) is 0 Å². The smallest absolute Gasteiger partial charge is 0.287 e. The molecule has 0 atom stereocenters. The molecule has 2 amide bonds. The van der Waals surface area contributed by atoms with Gasteiger partial charge in [0.2, 0.25) is 5.82 Å². The number of hydrogen-bond acceptors (Lipinski definition) is 4. The number of pyridine rings is 1. The van der Waals surface area contributed by atoms with Gasteiger partial charge in [0.15, 0.2) is 5.69 Å². The Morgan fingerprint density at radius 2 is 1.89 bits per heavy atom. The number of fused-ring (bicyclic) bond motifs is 1. The van der Waals surface area contributed by atoms with Crippen LogP contribution in [0.4, 0.5) is 0 Å². The molecule has 0 aliphatic rings. The summed E-state index contributed by atoms with van der Waals surface area (Å²) in [6.45, 7) is 2.99. The minimum Gasteiger partial charge on any atom is -0.497 e. The van der Waals surface area contributed by atoms with Crippen molar-refractivity contribution in [1.29, 1.82) is 0 Å². The van der Waals surface area contributed by atoms with E-state index in [1.54, 1.807) is 29.8 Å². The fourth-order valence-corrected chi connectivity index (χ4v) is 2.91. The van der Waals surface area contributed by atoms with Gasteiger partial charge in [-0.15, -0.1) is 0 Å². The zero-order chi connectivity index (χ0) is 19.9. The summed E-state index contributed by atoms with van der Waals surface area (Å²) >= 11 is 0. The van der Waals surface area contributed by atoms with Gasteiger partial charge >= 0.3 is 0 Å². The molecule has 3 aromatic rings. The van der Waals surface area contributed by atoms with Crippen molar-refractivity contribution in [3.63, 3.8) is 0 Å². The summed E-state index contributed by atoms with van der Waals surface area (Å²) in [5.41, 5.74) is 1.92. The van der Waals surface area contributed by atoms with Crippen LogP contribution < -0.4 is 15.4 Å². The molecule has 7 nitrogen and oxygen atoms in total. The van der Waals surface area contributed by atoms with Crippen LogP contribution in [0.25, 0.3) is 5.52 Å². The SMILES string of the molecule is CCCNC(=O)c1nc(C(=O)NCCc2cccc(OC)c2)n2ccccc12. The van der Waals surface area contributed by atoms with E-state index in [0.717, 1.165) is 17.7 Å². The van der Waals surface area contributed by atoms with Crippen LogP contribution in [-0.4, -0.2) is 41.4 Å². The molecular formula is C21H24N4O3. The maximum atomic E-state index is 12.7. The first-order valence-electron chi connectivity index (χ1n) is 9.30. The quantitative estimate of drug-likeness (QED) is 0.629. The van der Waals surface area contributed by atoms with E-state index in [0.29, 0.717) is 25.0 Å². The Labute approximate surface area is 163 Å². The Bertz CT molecular complexity index is 981. The lowest BCUT2D eigenvalue weighted by atomic mass is 10.1. The number of aromatic nitrogens is 2. The number of nitrogens with zero attached hydrogens (tertiary/aromatic N) is 2. The van der Waals surface area contributed by atoms with E-state index in [4.69, 9.17) is 4.74 Å². The Morgan fingerprint density at radius 3 is 2.68 bits per heavy atom. The molecule has 0 fully saturated rings. The lowest BCUT2D eigenvalue weighted by Crippen LogP contribution is -2.28. The van der Waals surface area contributed by atoms with Crippen molar-refractivity contribution in [3.8, 4) is 5.75 Å². The number of benzene rings is 1. The molecule has 0 saturated heterocycles. The first-order chi connectivity index (χ1) is 13.6. The Kier molecular flexibility index (Phi) is 6.26. The van der Waals surface area contributed by atoms with Crippen molar-refractivity contribution in [2.24, 2.45) is 0 Å². The molecule has 3 rings (SSSR count). The fourth-order valence-electron chi connectivity index (χ4n) is 2.91. The van der Waals surface area contributed by atoms with E-state index in [9.17, 15) is 9.59 Å². The van der Waals surface area contributed by atoms with Gasteiger partial charge < -0.3 is 15.4 Å². The van der Waals surface area contributed by atoms with Crippen LogP contribution in [0.1, 0.15) is 40.0 Å². The third-order valence-corrected chi connectivity index (χ3v) is 4.34. The molecule has 146 valence electrons. The minimum absolute atomic E-state index is 0.197. The van der Waals surface area contributed by atoms with Crippen molar-refractivity contribution < 1.29 is 14.3 Å². The summed E-state index contributed by atoms with van der Waals surface area (Å²) in [6, 6.07) is 13.1. The van der Waals surface area contributed by atoms with Crippen LogP contribution in [0.15, 0.2) is 48.7 Å². The highest BCUT2D eigenvalue weighted by atomic mass is 16.5. The van der Waals surface area contributed by atoms with Crippen LogP contribution in [0.2, 0.25) is 0 Å². The number of nitrogens with one attached hydrogen (secondary N) is 2. The third-order valence-electron chi connectivity index (χ3n) is 4.34. The van der Waals surface area contributed by atoms with Crippen LogP contribution in [0.5, 0.6) is 5.75 Å². The monoisotopic (exact) mass is 380 g/mol. The van der Waals surface area contributed by atoms with Gasteiger partial charge in [-0.1, -0.05) is 25.1 Å². The molecule has 2 aromatic heterocycles. The highest BCUT2D eigenvalue weighted by molar-refractivity contribution is 6.02. The van der Waals surface area contributed by atoms with Crippen LogP contribution in [0.3, 0.4) is 0 Å². The van der Waals surface area contributed by atoms with Gasteiger partial charge in [0, 0.05) is 19.3 Å². The molecule has 1 aromatic carbocycles. The van der Waals surface area contributed by atoms with Gasteiger partial charge in [-0.3, -0.25) is 14.0 Å². The highest BCUT2D eigenvalue weighted by Gasteiger charge is 2.20. The van der Waals surface area contributed by atoms with Gasteiger partial charge in [-0.2, -0.15) is 0 Å². The molecule has 0 bridgehead atoms. The number of hydrogen-bond donors (Lipinski definition) is 2. The van der Waals surface area contributed by atoms with Crippen molar-refractivity contribution >= 4 is 17.3 Å². The van der Waals surface area contributed by atoms with Crippen LogP contribution >= 0.6 is 0 Å². The van der Waals surface area contributed by atoms with Crippen molar-refractivity contribution in [1.82, 2.24) is 20.0 Å². The van der Waals surface area contributed by atoms with E-state index in [1.807, 2.05) is 37.3 Å². The second-order valence-electron chi connectivity index (χ2n) is 6.35. The second kappa shape index (κ2) is 9.03. The maximum Gasteiger partial charge on any atom is 0.287 e. The number of methoxy groups -OCH3 is 1. The standard InChI is InChI=1S/C21H24N4O3/c1-3-11-22-20(26)18-17-9-4-5-13-25(17)19(24-18)21(27)23-12-10-15-7-6-8-16(14-15)28-2/h4-9,13-14H,3,10-12H2,1-2H3,(H,22,26)(H,23,27). The van der Waals surface area contributed by atoms with E-state index in [-0.39, 0.29) is 23.3 Å². The highest BCUT2D eigenvalue weighted by Crippen LogP contribution is 2.14. The van der Waals surface area contributed by atoms with E-state index in [1.165, 1.54) is 0 Å². The number of amides is 2. The topological polar surface area (TPSA) is 84.7 Å². The van der Waals surface area contributed by atoms with Crippen molar-refractivity contribution in [2.75, 3.05) is 20.2 Å². The first-order valence-corrected chi connectivity index (χ1v) is 9.30. The molecule has 0 aliphatic carbocycles. The summed E-state index contributed by atoms with van der Waals surface area (Å²) in [4.78, 5) is 29.4. The summed E-state index contributed by atoms with van der Waals surface area (Å²) in [5.74, 6) is 0.383. The predicted molar refractivity (Wildman–Crippen MR) is 107 cm³/mol. The Morgan fingerprint density at radius 1 is 1.07 bits per heavy atom. The zero-order valence-corrected chi connectivity index (χ0v) is 16.1. The molecule has 0 spiro atoms. The third kappa shape index (κ3) is 4.31. The molecule has 0 radical (unpaired) electrons. The number of imidazole rings is 1. The van der Waals surface area contributed by atoms with Gasteiger partial charge in [-0.05, 0) is 42.7 Å². The molecule has 0 unspecified atom stereocenters. The summed E-state index contributed by atoms with van der Waals surface area (Å²) in [7, 11) is 1.62. The average molecular weight is 380 g/mol. The van der Waals surface area contributed by atoms with Gasteiger partial charge in [0.25, 0.3) is 11.8 Å². The summed E-state index contributed by atoms with van der Waals surface area (Å²) in [6.07, 6.45) is 3.22. The fraction of sp³-hybridized carbons (Fsp3) is 0.286. The average Bonchev–Trinajstić information content (AvgIpc) is 3.12. The van der Waals surface area contributed by atoms with Crippen LogP contribution in [-0.2, 0) is 6.42 Å². The first kappa shape index (κ1) is 19.4. The number of ether oxygens (including phenoxy) is 1. The number of carbonyl (C=O) groups excluding carboxylic acids is 2. The molecule has 28 heavy (non-hydrogen) atoms. The normalized spacial score (nSPS) is 10.6. The Balaban J connectivity index is 1.73. The zero-order valence-electron chi connectivity index (χ0n) is 16.1. The van der Waals surface area contributed by atoms with Gasteiger partial charge in [-0.25, -0.2) is 4.98 Å². The summed E-state index contributed by atoms with van der Waals surface area (Å²) in [5, 5.41) is 5.69. The van der Waals surface area contributed by atoms with Crippen molar-refractivity contribution in [2.45, 2.75) is 19.8 Å². The lowest BCUT2D eigenvalue weighted by molar-refractivity contribution is 0.0943. The van der Waals surface area contributed by atoms with E-state index in [2.05, 4.69) is 15.6 Å². The molecular weight excluding hydrogens is 356 g/mol. The minimum atomic E-state index is -0.321. The number of rotatable bonds is 8.